The van der Waals surface area contributed by atoms with Crippen LogP contribution in [0.4, 0.5) is 4.39 Å². The highest BCUT2D eigenvalue weighted by atomic mass is 19.1. The maximum Gasteiger partial charge on any atom is 0.181 e. The molecule has 2 N–H and O–H groups in total. The van der Waals surface area contributed by atoms with Crippen LogP contribution in [0.3, 0.4) is 0 Å². The molecular weight excluding hydrogens is 405 g/mol. The molecule has 5 aromatic heterocycles. The molecule has 0 amide bonds. The lowest BCUT2D eigenvalue weighted by Crippen LogP contribution is -1.86. The number of aromatic nitrogens is 7. The standard InChI is InChI=1S/C24H16FN7/c1-13-7-15(11-26-10-13)16-9-19-21(31-32-22(19)28-12-16)24-29-20-18(5-6-27-23(20)30-24)14-3-2-4-17(25)8-14/h2-12H,1H3,(H,27,29,30)(H,28,31,32). The number of benzene rings is 1. The minimum atomic E-state index is -0.295. The lowest BCUT2D eigenvalue weighted by molar-refractivity contribution is 0.628. The smallest absolute Gasteiger partial charge is 0.181 e. The van der Waals surface area contributed by atoms with Crippen molar-refractivity contribution in [1.82, 2.24) is 35.1 Å². The summed E-state index contributed by atoms with van der Waals surface area (Å²) in [6.45, 7) is 2.00. The summed E-state index contributed by atoms with van der Waals surface area (Å²) in [5.41, 5.74) is 7.11. The van der Waals surface area contributed by atoms with Crippen LogP contribution in [-0.4, -0.2) is 35.1 Å². The highest BCUT2D eigenvalue weighted by molar-refractivity contribution is 5.96. The van der Waals surface area contributed by atoms with Crippen LogP contribution in [0.15, 0.2) is 67.3 Å². The zero-order valence-electron chi connectivity index (χ0n) is 17.0. The molecule has 0 atom stereocenters. The molecule has 0 saturated carbocycles. The lowest BCUT2D eigenvalue weighted by Gasteiger charge is -2.03. The SMILES string of the molecule is Cc1cncc(-c2cnc3n[nH]c(-c4nc5nccc(-c6cccc(F)c6)c5[nH]4)c3c2)c1. The number of H-pyrrole nitrogens is 2. The lowest BCUT2D eigenvalue weighted by atomic mass is 10.1. The molecule has 0 unspecified atom stereocenters. The van der Waals surface area contributed by atoms with E-state index in [0.29, 0.717) is 22.8 Å². The third-order valence-corrected chi connectivity index (χ3v) is 5.38. The number of rotatable bonds is 3. The van der Waals surface area contributed by atoms with Crippen molar-refractivity contribution in [3.63, 3.8) is 0 Å². The molecular formula is C24H16FN7. The molecule has 5 heterocycles. The van der Waals surface area contributed by atoms with Gasteiger partial charge in [-0.25, -0.2) is 19.3 Å². The fraction of sp³-hybridized carbons (Fsp3) is 0.0417. The number of aromatic amines is 2. The highest BCUT2D eigenvalue weighted by Crippen LogP contribution is 2.32. The van der Waals surface area contributed by atoms with Gasteiger partial charge in [0.25, 0.3) is 0 Å². The Morgan fingerprint density at radius 3 is 2.66 bits per heavy atom. The van der Waals surface area contributed by atoms with E-state index in [9.17, 15) is 4.39 Å². The Kier molecular flexibility index (Phi) is 4.04. The van der Waals surface area contributed by atoms with Crippen LogP contribution in [0.5, 0.6) is 0 Å². The fourth-order valence-corrected chi connectivity index (χ4v) is 3.88. The topological polar surface area (TPSA) is 96.0 Å². The maximum absolute atomic E-state index is 13.8. The molecule has 0 radical (unpaired) electrons. The molecule has 6 aromatic rings. The predicted molar refractivity (Wildman–Crippen MR) is 120 cm³/mol. The van der Waals surface area contributed by atoms with Gasteiger partial charge in [0.2, 0.25) is 0 Å². The number of hydrogen-bond acceptors (Lipinski definition) is 5. The summed E-state index contributed by atoms with van der Waals surface area (Å²) < 4.78 is 13.8. The zero-order chi connectivity index (χ0) is 21.7. The van der Waals surface area contributed by atoms with Crippen LogP contribution in [0.1, 0.15) is 5.56 Å². The first kappa shape index (κ1) is 18.3. The van der Waals surface area contributed by atoms with Gasteiger partial charge in [0.1, 0.15) is 11.5 Å². The van der Waals surface area contributed by atoms with Crippen molar-refractivity contribution in [3.05, 3.63) is 78.6 Å². The number of pyridine rings is 3. The average Bonchev–Trinajstić information content (AvgIpc) is 3.42. The van der Waals surface area contributed by atoms with Crippen LogP contribution in [-0.2, 0) is 0 Å². The number of nitrogens with zero attached hydrogens (tertiary/aromatic N) is 5. The van der Waals surface area contributed by atoms with E-state index in [1.165, 1.54) is 12.1 Å². The van der Waals surface area contributed by atoms with Crippen molar-refractivity contribution >= 4 is 22.2 Å². The van der Waals surface area contributed by atoms with Crippen LogP contribution in [0.2, 0.25) is 0 Å². The van der Waals surface area contributed by atoms with Gasteiger partial charge in [0.15, 0.2) is 17.1 Å². The van der Waals surface area contributed by atoms with E-state index >= 15 is 0 Å². The Balaban J connectivity index is 1.51. The fourth-order valence-electron chi connectivity index (χ4n) is 3.88. The third kappa shape index (κ3) is 3.01. The average molecular weight is 421 g/mol. The normalized spacial score (nSPS) is 11.4. The van der Waals surface area contributed by atoms with Crippen molar-refractivity contribution in [2.75, 3.05) is 0 Å². The van der Waals surface area contributed by atoms with Gasteiger partial charge in [-0.2, -0.15) is 5.10 Å². The molecule has 0 saturated heterocycles. The first-order valence-corrected chi connectivity index (χ1v) is 10.0. The second-order valence-electron chi connectivity index (χ2n) is 7.60. The second-order valence-corrected chi connectivity index (χ2v) is 7.60. The molecule has 6 rings (SSSR count). The Morgan fingerprint density at radius 2 is 1.78 bits per heavy atom. The molecule has 7 nitrogen and oxygen atoms in total. The summed E-state index contributed by atoms with van der Waals surface area (Å²) >= 11 is 0. The van der Waals surface area contributed by atoms with Gasteiger partial charge >= 0.3 is 0 Å². The summed E-state index contributed by atoms with van der Waals surface area (Å²) in [6.07, 6.45) is 7.08. The number of nitrogens with one attached hydrogen (secondary N) is 2. The van der Waals surface area contributed by atoms with Crippen molar-refractivity contribution in [2.45, 2.75) is 6.92 Å². The molecule has 0 bridgehead atoms. The van der Waals surface area contributed by atoms with E-state index in [1.54, 1.807) is 18.5 Å². The number of fused-ring (bicyclic) bond motifs is 2. The summed E-state index contributed by atoms with van der Waals surface area (Å²) in [4.78, 5) is 21.1. The van der Waals surface area contributed by atoms with Gasteiger partial charge in [-0.15, -0.1) is 0 Å². The first-order valence-electron chi connectivity index (χ1n) is 10.0. The molecule has 0 aliphatic carbocycles. The minimum absolute atomic E-state index is 0.295. The van der Waals surface area contributed by atoms with E-state index in [-0.39, 0.29) is 5.82 Å². The summed E-state index contributed by atoms with van der Waals surface area (Å²) in [7, 11) is 0. The highest BCUT2D eigenvalue weighted by Gasteiger charge is 2.16. The second kappa shape index (κ2) is 7.05. The van der Waals surface area contributed by atoms with Gasteiger partial charge in [-0.3, -0.25) is 10.1 Å². The largest absolute Gasteiger partial charge is 0.335 e. The summed E-state index contributed by atoms with van der Waals surface area (Å²) in [5.74, 6) is 0.288. The molecule has 0 fully saturated rings. The molecule has 0 aliphatic rings. The molecule has 8 heteroatoms. The van der Waals surface area contributed by atoms with Crippen molar-refractivity contribution in [2.24, 2.45) is 0 Å². The van der Waals surface area contributed by atoms with Gasteiger partial charge in [0.05, 0.1) is 10.9 Å². The maximum atomic E-state index is 13.8. The quantitative estimate of drug-likeness (QED) is 0.416. The van der Waals surface area contributed by atoms with Gasteiger partial charge < -0.3 is 4.98 Å². The zero-order valence-corrected chi connectivity index (χ0v) is 17.0. The first-order chi connectivity index (χ1) is 15.7. The Hall–Kier alpha value is -4.46. The van der Waals surface area contributed by atoms with Crippen LogP contribution >= 0.6 is 0 Å². The van der Waals surface area contributed by atoms with Crippen LogP contribution in [0.25, 0.3) is 56.0 Å². The van der Waals surface area contributed by atoms with E-state index < -0.39 is 0 Å². The van der Waals surface area contributed by atoms with Crippen molar-refractivity contribution in [1.29, 1.82) is 0 Å². The Bertz CT molecular complexity index is 1620. The number of hydrogen-bond donors (Lipinski definition) is 2. The predicted octanol–water partition coefficient (Wildman–Crippen LogP) is 5.07. The van der Waals surface area contributed by atoms with E-state index in [4.69, 9.17) is 0 Å². The van der Waals surface area contributed by atoms with E-state index in [2.05, 4.69) is 41.2 Å². The van der Waals surface area contributed by atoms with Crippen molar-refractivity contribution < 1.29 is 4.39 Å². The number of halogens is 1. The monoisotopic (exact) mass is 421 g/mol. The Morgan fingerprint density at radius 1 is 0.875 bits per heavy atom. The molecule has 32 heavy (non-hydrogen) atoms. The summed E-state index contributed by atoms with van der Waals surface area (Å²) in [5, 5.41) is 8.20. The Labute approximate surface area is 181 Å². The van der Waals surface area contributed by atoms with Crippen molar-refractivity contribution in [3.8, 4) is 33.8 Å². The van der Waals surface area contributed by atoms with E-state index in [0.717, 1.165) is 38.7 Å². The van der Waals surface area contributed by atoms with Crippen LogP contribution < -0.4 is 0 Å². The van der Waals surface area contributed by atoms with Crippen LogP contribution in [0, 0.1) is 12.7 Å². The molecule has 0 spiro atoms. The number of aryl methyl sites for hydroxylation is 1. The minimum Gasteiger partial charge on any atom is -0.335 e. The molecule has 1 aromatic carbocycles. The molecule has 0 aliphatic heterocycles. The van der Waals surface area contributed by atoms with Gasteiger partial charge in [0, 0.05) is 41.5 Å². The van der Waals surface area contributed by atoms with Gasteiger partial charge in [-0.1, -0.05) is 12.1 Å². The summed E-state index contributed by atoms with van der Waals surface area (Å²) in [6, 6.07) is 12.4. The van der Waals surface area contributed by atoms with E-state index in [1.807, 2.05) is 37.5 Å². The molecule has 154 valence electrons. The van der Waals surface area contributed by atoms with Gasteiger partial charge in [-0.05, 0) is 48.4 Å². The third-order valence-electron chi connectivity index (χ3n) is 5.38. The number of imidazole rings is 1.